The lowest BCUT2D eigenvalue weighted by Crippen LogP contribution is -2.28. The lowest BCUT2D eigenvalue weighted by molar-refractivity contribution is 0.0949. The van der Waals surface area contributed by atoms with Crippen molar-refractivity contribution in [3.05, 3.63) is 48.5 Å². The number of carbonyl (C=O) groups is 1. The zero-order valence-corrected chi connectivity index (χ0v) is 11.8. The van der Waals surface area contributed by atoms with E-state index in [-0.39, 0.29) is 10.5 Å². The average Bonchev–Trinajstić information content (AvgIpc) is 2.91. The van der Waals surface area contributed by atoms with Gasteiger partial charge in [-0.05, 0) is 12.1 Å². The quantitative estimate of drug-likeness (QED) is 0.880. The van der Waals surface area contributed by atoms with Gasteiger partial charge in [-0.2, -0.15) is 0 Å². The second-order valence-corrected chi connectivity index (χ2v) is 6.31. The highest BCUT2D eigenvalue weighted by Gasteiger charge is 2.17. The van der Waals surface area contributed by atoms with E-state index in [1.165, 1.54) is 12.1 Å². The zero-order chi connectivity index (χ0) is 14.6. The molecule has 0 fully saturated rings. The number of hydrogen-bond acceptors (Lipinski definition) is 4. The van der Waals surface area contributed by atoms with Crippen LogP contribution >= 0.6 is 0 Å². The molecule has 1 amide bonds. The lowest BCUT2D eigenvalue weighted by atomic mass is 10.2. The van der Waals surface area contributed by atoms with Gasteiger partial charge in [-0.1, -0.05) is 12.1 Å². The van der Waals surface area contributed by atoms with Crippen molar-refractivity contribution < 1.29 is 13.2 Å². The van der Waals surface area contributed by atoms with Crippen molar-refractivity contribution in [3.8, 4) is 0 Å². The number of nitrogens with one attached hydrogen (secondary N) is 1. The highest BCUT2D eigenvalue weighted by molar-refractivity contribution is 7.90. The van der Waals surface area contributed by atoms with Gasteiger partial charge in [0.25, 0.3) is 5.91 Å². The fraction of sp³-hybridized carbons (Fsp3) is 0.231. The molecule has 0 radical (unpaired) electrons. The van der Waals surface area contributed by atoms with Crippen LogP contribution in [0.5, 0.6) is 0 Å². The molecule has 0 bridgehead atoms. The molecule has 2 rings (SSSR count). The molecule has 1 heterocycles. The normalized spacial score (nSPS) is 11.2. The Morgan fingerprint density at radius 1 is 1.35 bits per heavy atom. The van der Waals surface area contributed by atoms with E-state index in [9.17, 15) is 13.2 Å². The van der Waals surface area contributed by atoms with Gasteiger partial charge in [-0.25, -0.2) is 13.4 Å². The molecule has 0 atom stereocenters. The van der Waals surface area contributed by atoms with Gasteiger partial charge in [0.05, 0.1) is 16.8 Å². The molecule has 7 heteroatoms. The van der Waals surface area contributed by atoms with E-state index in [1.54, 1.807) is 30.9 Å². The van der Waals surface area contributed by atoms with Gasteiger partial charge in [0.15, 0.2) is 9.84 Å². The minimum atomic E-state index is -3.42. The molecule has 0 spiro atoms. The summed E-state index contributed by atoms with van der Waals surface area (Å²) < 4.78 is 25.1. The zero-order valence-electron chi connectivity index (χ0n) is 11.0. The van der Waals surface area contributed by atoms with Crippen LogP contribution in [-0.2, 0) is 16.4 Å². The predicted molar refractivity (Wildman–Crippen MR) is 74.1 cm³/mol. The fourth-order valence-electron chi connectivity index (χ4n) is 1.79. The van der Waals surface area contributed by atoms with E-state index in [1.807, 2.05) is 4.57 Å². The minimum absolute atomic E-state index is 0.0418. The molecule has 2 aromatic rings. The molecule has 0 aliphatic heterocycles. The first kappa shape index (κ1) is 14.3. The van der Waals surface area contributed by atoms with Crippen LogP contribution < -0.4 is 5.32 Å². The Morgan fingerprint density at radius 3 is 2.75 bits per heavy atom. The Kier molecular flexibility index (Phi) is 4.19. The van der Waals surface area contributed by atoms with Crippen molar-refractivity contribution in [2.45, 2.75) is 11.4 Å². The number of sulfone groups is 1. The van der Waals surface area contributed by atoms with Crippen molar-refractivity contribution in [2.24, 2.45) is 0 Å². The monoisotopic (exact) mass is 293 g/mol. The van der Waals surface area contributed by atoms with Gasteiger partial charge < -0.3 is 9.88 Å². The largest absolute Gasteiger partial charge is 0.350 e. The van der Waals surface area contributed by atoms with Gasteiger partial charge in [0, 0.05) is 31.7 Å². The Balaban J connectivity index is 2.06. The van der Waals surface area contributed by atoms with Crippen LogP contribution in [-0.4, -0.2) is 36.7 Å². The Morgan fingerprint density at radius 2 is 2.10 bits per heavy atom. The average molecular weight is 293 g/mol. The second kappa shape index (κ2) is 5.87. The summed E-state index contributed by atoms with van der Waals surface area (Å²) in [5, 5.41) is 2.70. The second-order valence-electron chi connectivity index (χ2n) is 4.32. The highest BCUT2D eigenvalue weighted by atomic mass is 32.2. The summed E-state index contributed by atoms with van der Waals surface area (Å²) in [5.41, 5.74) is 0.167. The topological polar surface area (TPSA) is 81.1 Å². The van der Waals surface area contributed by atoms with Crippen LogP contribution in [0.15, 0.2) is 47.9 Å². The van der Waals surface area contributed by atoms with E-state index in [4.69, 9.17) is 0 Å². The summed E-state index contributed by atoms with van der Waals surface area (Å²) in [5.74, 6) is -0.397. The summed E-state index contributed by atoms with van der Waals surface area (Å²) in [6.07, 6.45) is 6.18. The lowest BCUT2D eigenvalue weighted by Gasteiger charge is -2.09. The predicted octanol–water partition coefficient (Wildman–Crippen LogP) is 0.717. The van der Waals surface area contributed by atoms with E-state index in [0.717, 1.165) is 6.26 Å². The van der Waals surface area contributed by atoms with Gasteiger partial charge in [0.2, 0.25) is 0 Å². The number of carbonyl (C=O) groups excluding carboxylic acids is 1. The van der Waals surface area contributed by atoms with Gasteiger partial charge >= 0.3 is 0 Å². The summed E-state index contributed by atoms with van der Waals surface area (Å²) in [7, 11) is -3.42. The third kappa shape index (κ3) is 3.45. The molecule has 106 valence electrons. The van der Waals surface area contributed by atoms with Crippen molar-refractivity contribution in [3.63, 3.8) is 0 Å². The summed E-state index contributed by atoms with van der Waals surface area (Å²) in [4.78, 5) is 16.0. The molecule has 0 unspecified atom stereocenters. The molecule has 1 aromatic heterocycles. The van der Waals surface area contributed by atoms with Crippen molar-refractivity contribution >= 4 is 15.7 Å². The maximum Gasteiger partial charge on any atom is 0.252 e. The number of aromatic nitrogens is 2. The number of rotatable bonds is 5. The van der Waals surface area contributed by atoms with Crippen molar-refractivity contribution in [1.29, 1.82) is 0 Å². The first-order valence-corrected chi connectivity index (χ1v) is 7.90. The van der Waals surface area contributed by atoms with Crippen LogP contribution in [0.3, 0.4) is 0 Å². The van der Waals surface area contributed by atoms with E-state index in [0.29, 0.717) is 13.1 Å². The summed E-state index contributed by atoms with van der Waals surface area (Å²) >= 11 is 0. The SMILES string of the molecule is CS(=O)(=O)c1ccccc1C(=O)NCCn1ccnc1. The van der Waals surface area contributed by atoms with Crippen molar-refractivity contribution in [2.75, 3.05) is 12.8 Å². The fourth-order valence-corrected chi connectivity index (χ4v) is 2.68. The molecule has 1 aromatic carbocycles. The van der Waals surface area contributed by atoms with Crippen LogP contribution in [0.25, 0.3) is 0 Å². The number of imidazole rings is 1. The van der Waals surface area contributed by atoms with Crippen LogP contribution in [0, 0.1) is 0 Å². The Bertz CT molecular complexity index is 693. The summed E-state index contributed by atoms with van der Waals surface area (Å²) in [6.45, 7) is 0.972. The molecule has 6 nitrogen and oxygen atoms in total. The number of amides is 1. The molecule has 0 saturated heterocycles. The van der Waals surface area contributed by atoms with Crippen molar-refractivity contribution in [1.82, 2.24) is 14.9 Å². The third-order valence-electron chi connectivity index (χ3n) is 2.75. The first-order chi connectivity index (χ1) is 9.48. The minimum Gasteiger partial charge on any atom is -0.350 e. The van der Waals surface area contributed by atoms with Crippen LogP contribution in [0.1, 0.15) is 10.4 Å². The molecule has 1 N–H and O–H groups in total. The van der Waals surface area contributed by atoms with Gasteiger partial charge in [-0.15, -0.1) is 0 Å². The number of benzene rings is 1. The molecule has 0 aliphatic rings. The first-order valence-electron chi connectivity index (χ1n) is 6.01. The van der Waals surface area contributed by atoms with Crippen LogP contribution in [0.4, 0.5) is 0 Å². The van der Waals surface area contributed by atoms with Gasteiger partial charge in [-0.3, -0.25) is 4.79 Å². The Labute approximate surface area is 117 Å². The maximum absolute atomic E-state index is 12.0. The molecule has 0 saturated carbocycles. The van der Waals surface area contributed by atoms with Gasteiger partial charge in [0.1, 0.15) is 0 Å². The third-order valence-corrected chi connectivity index (χ3v) is 3.90. The summed E-state index contributed by atoms with van der Waals surface area (Å²) in [6, 6.07) is 6.17. The standard InChI is InChI=1S/C13H15N3O3S/c1-20(18,19)12-5-3-2-4-11(12)13(17)15-7-9-16-8-6-14-10-16/h2-6,8,10H,7,9H2,1H3,(H,15,17). The number of hydrogen-bond donors (Lipinski definition) is 1. The van der Waals surface area contributed by atoms with E-state index < -0.39 is 15.7 Å². The Hall–Kier alpha value is -2.15. The number of nitrogens with zero attached hydrogens (tertiary/aromatic N) is 2. The molecule has 20 heavy (non-hydrogen) atoms. The smallest absolute Gasteiger partial charge is 0.252 e. The molecular formula is C13H15N3O3S. The van der Waals surface area contributed by atoms with E-state index >= 15 is 0 Å². The molecule has 0 aliphatic carbocycles. The molecular weight excluding hydrogens is 278 g/mol. The van der Waals surface area contributed by atoms with E-state index in [2.05, 4.69) is 10.3 Å². The maximum atomic E-state index is 12.0. The van der Waals surface area contributed by atoms with Crippen LogP contribution in [0.2, 0.25) is 0 Å². The highest BCUT2D eigenvalue weighted by Crippen LogP contribution is 2.14.